The summed E-state index contributed by atoms with van der Waals surface area (Å²) in [5.74, 6) is -0.790. The molecule has 3 rings (SSSR count). The van der Waals surface area contributed by atoms with Crippen molar-refractivity contribution in [2.24, 2.45) is 0 Å². The highest BCUT2D eigenvalue weighted by Gasteiger charge is 2.34. The average Bonchev–Trinajstić information content (AvgIpc) is 3.20. The fourth-order valence-corrected chi connectivity index (χ4v) is 3.92. The molecule has 0 aliphatic heterocycles. The number of rotatable bonds is 5. The molecule has 0 saturated carbocycles. The van der Waals surface area contributed by atoms with E-state index in [9.17, 15) is 9.59 Å². The van der Waals surface area contributed by atoms with E-state index < -0.39 is 0 Å². The number of esters is 1. The molecule has 1 amide bonds. The summed E-state index contributed by atoms with van der Waals surface area (Å²) in [5, 5.41) is 7.61. The second-order valence-electron chi connectivity index (χ2n) is 5.61. The molecule has 1 aliphatic carbocycles. The Morgan fingerprint density at radius 2 is 2.25 bits per heavy atom. The summed E-state index contributed by atoms with van der Waals surface area (Å²) in [7, 11) is 0. The van der Waals surface area contributed by atoms with Crippen molar-refractivity contribution in [1.82, 2.24) is 14.8 Å². The predicted molar refractivity (Wildman–Crippen MR) is 90.4 cm³/mol. The van der Waals surface area contributed by atoms with Crippen LogP contribution in [0.4, 0.5) is 5.13 Å². The van der Waals surface area contributed by atoms with Gasteiger partial charge in [0.05, 0.1) is 18.0 Å². The van der Waals surface area contributed by atoms with Crippen molar-refractivity contribution in [2.75, 3.05) is 11.9 Å². The number of carbonyl (C=O) groups is 2. The SMILES string of the molecule is CCOC(=O)C1CCc2sc(NC(=O)c3cc(C)nn3CC)nc21. The maximum atomic E-state index is 12.5. The van der Waals surface area contributed by atoms with Crippen LogP contribution in [0.1, 0.15) is 52.9 Å². The van der Waals surface area contributed by atoms with Crippen molar-refractivity contribution in [2.45, 2.75) is 46.1 Å². The van der Waals surface area contributed by atoms with Crippen molar-refractivity contribution in [1.29, 1.82) is 0 Å². The molecule has 128 valence electrons. The van der Waals surface area contributed by atoms with Gasteiger partial charge < -0.3 is 4.74 Å². The van der Waals surface area contributed by atoms with Gasteiger partial charge in [-0.2, -0.15) is 5.10 Å². The number of aryl methyl sites for hydroxylation is 3. The lowest BCUT2D eigenvalue weighted by Gasteiger charge is -2.08. The molecule has 7 nitrogen and oxygen atoms in total. The Morgan fingerprint density at radius 1 is 1.46 bits per heavy atom. The Morgan fingerprint density at radius 3 is 2.96 bits per heavy atom. The lowest BCUT2D eigenvalue weighted by Crippen LogP contribution is -2.18. The zero-order chi connectivity index (χ0) is 17.3. The quantitative estimate of drug-likeness (QED) is 0.839. The number of carbonyl (C=O) groups excluding carboxylic acids is 2. The van der Waals surface area contributed by atoms with Crippen LogP contribution in [0.2, 0.25) is 0 Å². The van der Waals surface area contributed by atoms with Crippen LogP contribution in [-0.4, -0.2) is 33.2 Å². The molecule has 0 fully saturated rings. The smallest absolute Gasteiger partial charge is 0.315 e. The van der Waals surface area contributed by atoms with E-state index in [1.54, 1.807) is 17.7 Å². The number of nitrogens with one attached hydrogen (secondary N) is 1. The summed E-state index contributed by atoms with van der Waals surface area (Å²) in [6.45, 7) is 6.56. The molecule has 1 atom stereocenters. The van der Waals surface area contributed by atoms with Gasteiger partial charge in [-0.25, -0.2) is 4.98 Å². The number of aromatic nitrogens is 3. The maximum Gasteiger partial charge on any atom is 0.315 e. The van der Waals surface area contributed by atoms with Gasteiger partial charge in [-0.3, -0.25) is 19.6 Å². The summed E-state index contributed by atoms with van der Waals surface area (Å²) in [6, 6.07) is 1.75. The first-order chi connectivity index (χ1) is 11.5. The van der Waals surface area contributed by atoms with Crippen LogP contribution in [0.15, 0.2) is 6.07 Å². The second-order valence-corrected chi connectivity index (χ2v) is 6.70. The van der Waals surface area contributed by atoms with Crippen LogP contribution in [0, 0.1) is 6.92 Å². The van der Waals surface area contributed by atoms with Crippen LogP contribution >= 0.6 is 11.3 Å². The van der Waals surface area contributed by atoms with E-state index in [1.807, 2.05) is 13.8 Å². The molecule has 0 aromatic carbocycles. The van der Waals surface area contributed by atoms with Gasteiger partial charge in [0.25, 0.3) is 5.91 Å². The lowest BCUT2D eigenvalue weighted by atomic mass is 10.1. The minimum absolute atomic E-state index is 0.237. The van der Waals surface area contributed by atoms with E-state index in [4.69, 9.17) is 4.74 Å². The standard InChI is InChI=1S/C16H20N4O3S/c1-4-20-11(8-9(3)19-20)14(21)18-16-17-13-10(15(22)23-5-2)6-7-12(13)24-16/h8,10H,4-7H2,1-3H3,(H,17,18,21). The molecule has 2 aromatic heterocycles. The topological polar surface area (TPSA) is 86.1 Å². The minimum Gasteiger partial charge on any atom is -0.465 e. The molecular weight excluding hydrogens is 328 g/mol. The van der Waals surface area contributed by atoms with Crippen molar-refractivity contribution in [3.8, 4) is 0 Å². The first kappa shape index (κ1) is 16.6. The third-order valence-electron chi connectivity index (χ3n) is 3.94. The van der Waals surface area contributed by atoms with E-state index in [0.717, 1.165) is 29.1 Å². The maximum absolute atomic E-state index is 12.5. The van der Waals surface area contributed by atoms with Crippen LogP contribution < -0.4 is 5.32 Å². The monoisotopic (exact) mass is 348 g/mol. The Kier molecular flexibility index (Phi) is 4.66. The fourth-order valence-electron chi connectivity index (χ4n) is 2.88. The van der Waals surface area contributed by atoms with Crippen LogP contribution in [0.5, 0.6) is 0 Å². The highest BCUT2D eigenvalue weighted by Crippen LogP contribution is 2.39. The van der Waals surface area contributed by atoms with E-state index in [-0.39, 0.29) is 17.8 Å². The van der Waals surface area contributed by atoms with Gasteiger partial charge in [0.2, 0.25) is 0 Å². The minimum atomic E-state index is -0.315. The van der Waals surface area contributed by atoms with Gasteiger partial charge in [-0.15, -0.1) is 11.3 Å². The Hall–Kier alpha value is -2.22. The van der Waals surface area contributed by atoms with E-state index in [0.29, 0.717) is 24.0 Å². The number of thiazole rings is 1. The van der Waals surface area contributed by atoms with Gasteiger partial charge in [0.15, 0.2) is 5.13 Å². The molecule has 0 bridgehead atoms. The van der Waals surface area contributed by atoms with Crippen molar-refractivity contribution in [3.63, 3.8) is 0 Å². The van der Waals surface area contributed by atoms with Crippen molar-refractivity contribution >= 4 is 28.3 Å². The summed E-state index contributed by atoms with van der Waals surface area (Å²) in [6.07, 6.45) is 1.52. The van der Waals surface area contributed by atoms with Crippen LogP contribution in [0.3, 0.4) is 0 Å². The fraction of sp³-hybridized carbons (Fsp3) is 0.500. The molecule has 0 radical (unpaired) electrons. The number of nitrogens with zero attached hydrogens (tertiary/aromatic N) is 3. The van der Waals surface area contributed by atoms with E-state index in [2.05, 4.69) is 15.4 Å². The number of hydrogen-bond donors (Lipinski definition) is 1. The largest absolute Gasteiger partial charge is 0.465 e. The summed E-state index contributed by atoms with van der Waals surface area (Å²) < 4.78 is 6.76. The molecule has 0 spiro atoms. The van der Waals surface area contributed by atoms with Gasteiger partial charge in [0, 0.05) is 11.4 Å². The average molecular weight is 348 g/mol. The Labute approximate surface area is 144 Å². The third-order valence-corrected chi connectivity index (χ3v) is 4.99. The molecule has 1 aliphatic rings. The molecule has 1 N–H and O–H groups in total. The molecule has 2 aromatic rings. The zero-order valence-corrected chi connectivity index (χ0v) is 14.8. The van der Waals surface area contributed by atoms with Gasteiger partial charge in [-0.05, 0) is 39.7 Å². The first-order valence-corrected chi connectivity index (χ1v) is 8.87. The van der Waals surface area contributed by atoms with Crippen LogP contribution in [-0.2, 0) is 22.5 Å². The molecule has 24 heavy (non-hydrogen) atoms. The first-order valence-electron chi connectivity index (χ1n) is 8.05. The van der Waals surface area contributed by atoms with E-state index >= 15 is 0 Å². The number of amides is 1. The number of hydrogen-bond acceptors (Lipinski definition) is 6. The number of fused-ring (bicyclic) bond motifs is 1. The summed E-state index contributed by atoms with van der Waals surface area (Å²) >= 11 is 1.42. The number of anilines is 1. The highest BCUT2D eigenvalue weighted by atomic mass is 32.1. The normalized spacial score (nSPS) is 16.0. The molecule has 8 heteroatoms. The lowest BCUT2D eigenvalue weighted by molar-refractivity contribution is -0.145. The zero-order valence-electron chi connectivity index (χ0n) is 14.0. The Bertz CT molecular complexity index is 780. The summed E-state index contributed by atoms with van der Waals surface area (Å²) in [5.41, 5.74) is 2.05. The molecule has 2 heterocycles. The highest BCUT2D eigenvalue weighted by molar-refractivity contribution is 7.16. The van der Waals surface area contributed by atoms with Crippen molar-refractivity contribution < 1.29 is 14.3 Å². The van der Waals surface area contributed by atoms with Gasteiger partial charge in [0.1, 0.15) is 11.6 Å². The second kappa shape index (κ2) is 6.72. The predicted octanol–water partition coefficient (Wildman–Crippen LogP) is 2.51. The van der Waals surface area contributed by atoms with E-state index in [1.165, 1.54) is 11.3 Å². The summed E-state index contributed by atoms with van der Waals surface area (Å²) in [4.78, 5) is 30.0. The molecule has 0 saturated heterocycles. The van der Waals surface area contributed by atoms with Gasteiger partial charge in [-0.1, -0.05) is 0 Å². The molecular formula is C16H20N4O3S. The number of ether oxygens (including phenoxy) is 1. The van der Waals surface area contributed by atoms with Crippen LogP contribution in [0.25, 0.3) is 0 Å². The molecule has 1 unspecified atom stereocenters. The third kappa shape index (κ3) is 3.06. The Balaban J connectivity index is 1.77. The van der Waals surface area contributed by atoms with Gasteiger partial charge >= 0.3 is 5.97 Å². The van der Waals surface area contributed by atoms with Crippen molar-refractivity contribution in [3.05, 3.63) is 28.0 Å².